The molecule has 1 aliphatic rings. The number of aliphatic hydroxyl groups is 2. The van der Waals surface area contributed by atoms with Crippen molar-refractivity contribution in [2.24, 2.45) is 0 Å². The minimum absolute atomic E-state index is 0.0508. The fourth-order valence-electron chi connectivity index (χ4n) is 8.65. The smallest absolute Gasteiger partial charge is 0.335 e. The first kappa shape index (κ1) is 66.0. The normalized spacial score (nSPS) is 18.7. The molecule has 0 bridgehead atoms. The SMILES string of the molecule is CCCCCC/C=C\CCCCCCCC(=O)OC(COC(=O)CCCCCCC/C=C\CCCCCCCC)COC1OC(C(=O)O)C(O)C(O)C1OC(=O)CCCCCCC/C=C\CCCCCC. The number of rotatable bonds is 49. The van der Waals surface area contributed by atoms with Crippen molar-refractivity contribution in [1.29, 1.82) is 0 Å². The second-order valence-corrected chi connectivity index (χ2v) is 19.9. The molecule has 0 aliphatic carbocycles. The van der Waals surface area contributed by atoms with Gasteiger partial charge in [0.05, 0.1) is 6.61 Å². The molecular formula is C59H104O12. The maximum atomic E-state index is 13.1. The zero-order valence-electron chi connectivity index (χ0n) is 45.2. The number of hydrogen-bond acceptors (Lipinski definition) is 11. The second-order valence-electron chi connectivity index (χ2n) is 19.9. The van der Waals surface area contributed by atoms with E-state index in [9.17, 15) is 34.5 Å². The lowest BCUT2D eigenvalue weighted by molar-refractivity contribution is -0.301. The lowest BCUT2D eigenvalue weighted by Crippen LogP contribution is -2.61. The molecule has 1 rings (SSSR count). The van der Waals surface area contributed by atoms with E-state index in [0.717, 1.165) is 116 Å². The van der Waals surface area contributed by atoms with E-state index in [1.165, 1.54) is 89.9 Å². The van der Waals surface area contributed by atoms with E-state index >= 15 is 0 Å². The summed E-state index contributed by atoms with van der Waals surface area (Å²) in [6.07, 6.45) is 42.6. The third-order valence-electron chi connectivity index (χ3n) is 13.2. The molecule has 0 saturated carbocycles. The first-order chi connectivity index (χ1) is 34.6. The van der Waals surface area contributed by atoms with Gasteiger partial charge in [0.1, 0.15) is 18.8 Å². The molecule has 0 amide bonds. The fourth-order valence-corrected chi connectivity index (χ4v) is 8.65. The number of hydrogen-bond donors (Lipinski definition) is 3. The number of allylic oxidation sites excluding steroid dienone is 6. The van der Waals surface area contributed by atoms with Crippen molar-refractivity contribution < 1.29 is 58.2 Å². The van der Waals surface area contributed by atoms with Crippen LogP contribution in [0.1, 0.15) is 265 Å². The van der Waals surface area contributed by atoms with E-state index in [0.29, 0.717) is 19.3 Å². The minimum atomic E-state index is -1.90. The molecule has 0 aromatic heterocycles. The molecular weight excluding hydrogens is 901 g/mol. The standard InChI is InChI=1S/C59H104O12/c1-4-7-10-13-16-19-22-25-26-29-30-33-36-39-42-45-51(60)67-48-50(69-52(61)46-43-40-37-34-31-27-23-20-17-14-11-8-5-2)49-68-59-57(55(64)54(63)56(71-59)58(65)66)70-53(62)47-44-41-38-35-32-28-24-21-18-15-12-9-6-3/h20-21,23-26,50,54-57,59,63-64H,4-19,22,27-49H2,1-3H3,(H,65,66)/b23-20-,24-21-,26-25-. The van der Waals surface area contributed by atoms with Gasteiger partial charge in [-0.3, -0.25) is 14.4 Å². The van der Waals surface area contributed by atoms with Crippen LogP contribution in [0.15, 0.2) is 36.5 Å². The molecule has 6 atom stereocenters. The Kier molecular flexibility index (Phi) is 44.5. The van der Waals surface area contributed by atoms with Crippen LogP contribution in [0.5, 0.6) is 0 Å². The van der Waals surface area contributed by atoms with Gasteiger partial charge in [0, 0.05) is 19.3 Å². The zero-order valence-corrected chi connectivity index (χ0v) is 45.2. The Balaban J connectivity index is 2.71. The molecule has 1 fully saturated rings. The van der Waals surface area contributed by atoms with Crippen molar-refractivity contribution in [1.82, 2.24) is 0 Å². The predicted octanol–water partition coefficient (Wildman–Crippen LogP) is 14.5. The Bertz CT molecular complexity index is 1380. The quantitative estimate of drug-likeness (QED) is 0.0228. The van der Waals surface area contributed by atoms with Crippen molar-refractivity contribution in [2.45, 2.75) is 302 Å². The predicted molar refractivity (Wildman–Crippen MR) is 285 cm³/mol. The van der Waals surface area contributed by atoms with Crippen molar-refractivity contribution in [3.05, 3.63) is 36.5 Å². The lowest BCUT2D eigenvalue weighted by atomic mass is 9.98. The van der Waals surface area contributed by atoms with Crippen molar-refractivity contribution >= 4 is 23.9 Å². The van der Waals surface area contributed by atoms with Gasteiger partial charge in [-0.05, 0) is 96.3 Å². The summed E-state index contributed by atoms with van der Waals surface area (Å²) in [5, 5.41) is 31.4. The average Bonchev–Trinajstić information content (AvgIpc) is 3.35. The summed E-state index contributed by atoms with van der Waals surface area (Å²) in [5.74, 6) is -3.14. The third-order valence-corrected chi connectivity index (χ3v) is 13.2. The van der Waals surface area contributed by atoms with Crippen LogP contribution in [0.2, 0.25) is 0 Å². The maximum Gasteiger partial charge on any atom is 0.335 e. The van der Waals surface area contributed by atoms with Gasteiger partial charge in [0.25, 0.3) is 0 Å². The molecule has 0 radical (unpaired) electrons. The Morgan fingerprint density at radius 3 is 1.21 bits per heavy atom. The summed E-state index contributed by atoms with van der Waals surface area (Å²) in [5.41, 5.74) is 0. The van der Waals surface area contributed by atoms with Gasteiger partial charge in [-0.2, -0.15) is 0 Å². The van der Waals surface area contributed by atoms with Gasteiger partial charge in [-0.1, -0.05) is 186 Å². The number of carboxylic acid groups (broad SMARTS) is 1. The van der Waals surface area contributed by atoms with Gasteiger partial charge >= 0.3 is 23.9 Å². The van der Waals surface area contributed by atoms with Gasteiger partial charge in [0.2, 0.25) is 0 Å². The zero-order chi connectivity index (χ0) is 51.8. The van der Waals surface area contributed by atoms with Crippen molar-refractivity contribution in [3.63, 3.8) is 0 Å². The highest BCUT2D eigenvalue weighted by molar-refractivity contribution is 5.74. The van der Waals surface area contributed by atoms with Crippen LogP contribution >= 0.6 is 0 Å². The van der Waals surface area contributed by atoms with E-state index in [1.54, 1.807) is 0 Å². The maximum absolute atomic E-state index is 13.1. The topological polar surface area (TPSA) is 175 Å². The lowest BCUT2D eigenvalue weighted by Gasteiger charge is -2.40. The molecule has 71 heavy (non-hydrogen) atoms. The molecule has 412 valence electrons. The summed E-state index contributed by atoms with van der Waals surface area (Å²) in [4.78, 5) is 51.0. The van der Waals surface area contributed by atoms with Gasteiger partial charge in [-0.25, -0.2) is 4.79 Å². The summed E-state index contributed by atoms with van der Waals surface area (Å²) in [6.45, 7) is 5.94. The highest BCUT2D eigenvalue weighted by atomic mass is 16.7. The number of carbonyl (C=O) groups is 4. The van der Waals surface area contributed by atoms with Crippen LogP contribution in [0, 0.1) is 0 Å². The van der Waals surface area contributed by atoms with Crippen LogP contribution in [0.3, 0.4) is 0 Å². The molecule has 0 aromatic rings. The Hall–Kier alpha value is -3.06. The molecule has 6 unspecified atom stereocenters. The largest absolute Gasteiger partial charge is 0.479 e. The van der Waals surface area contributed by atoms with E-state index in [-0.39, 0.29) is 25.9 Å². The number of carbonyl (C=O) groups excluding carboxylic acids is 3. The molecule has 0 aromatic carbocycles. The summed E-state index contributed by atoms with van der Waals surface area (Å²) >= 11 is 0. The first-order valence-corrected chi connectivity index (χ1v) is 29.0. The number of ether oxygens (including phenoxy) is 5. The van der Waals surface area contributed by atoms with Crippen LogP contribution in [0.4, 0.5) is 0 Å². The van der Waals surface area contributed by atoms with Gasteiger partial charge in [-0.15, -0.1) is 0 Å². The number of aliphatic hydroxyl groups excluding tert-OH is 2. The van der Waals surface area contributed by atoms with Crippen molar-refractivity contribution in [2.75, 3.05) is 13.2 Å². The minimum Gasteiger partial charge on any atom is -0.479 e. The Labute approximate surface area is 431 Å². The molecule has 1 heterocycles. The Morgan fingerprint density at radius 1 is 0.451 bits per heavy atom. The summed E-state index contributed by atoms with van der Waals surface area (Å²) in [6, 6.07) is 0. The second kappa shape index (κ2) is 47.9. The Morgan fingerprint density at radius 2 is 0.803 bits per heavy atom. The monoisotopic (exact) mass is 1000 g/mol. The highest BCUT2D eigenvalue weighted by Gasteiger charge is 2.50. The molecule has 12 heteroatoms. The molecule has 1 aliphatic heterocycles. The third kappa shape index (κ3) is 38.2. The van der Waals surface area contributed by atoms with E-state index in [1.807, 2.05) is 0 Å². The number of esters is 3. The van der Waals surface area contributed by atoms with Crippen LogP contribution < -0.4 is 0 Å². The average molecular weight is 1010 g/mol. The van der Waals surface area contributed by atoms with E-state index < -0.39 is 67.3 Å². The first-order valence-electron chi connectivity index (χ1n) is 29.0. The molecule has 3 N–H and O–H groups in total. The van der Waals surface area contributed by atoms with Crippen LogP contribution in [-0.2, 0) is 42.9 Å². The molecule has 0 spiro atoms. The number of carboxylic acids is 1. The highest BCUT2D eigenvalue weighted by Crippen LogP contribution is 2.26. The molecule has 1 saturated heterocycles. The van der Waals surface area contributed by atoms with E-state index in [4.69, 9.17) is 23.7 Å². The van der Waals surface area contributed by atoms with Gasteiger partial charge in [0.15, 0.2) is 24.6 Å². The summed E-state index contributed by atoms with van der Waals surface area (Å²) in [7, 11) is 0. The van der Waals surface area contributed by atoms with E-state index in [2.05, 4.69) is 57.2 Å². The van der Waals surface area contributed by atoms with Crippen LogP contribution in [-0.4, -0.2) is 89.2 Å². The number of unbranched alkanes of at least 4 members (excludes halogenated alkanes) is 29. The summed E-state index contributed by atoms with van der Waals surface area (Å²) < 4.78 is 28.4. The molecule has 12 nitrogen and oxygen atoms in total. The van der Waals surface area contributed by atoms with Crippen molar-refractivity contribution in [3.8, 4) is 0 Å². The van der Waals surface area contributed by atoms with Gasteiger partial charge < -0.3 is 39.0 Å². The number of aliphatic carboxylic acids is 1. The van der Waals surface area contributed by atoms with Crippen LogP contribution in [0.25, 0.3) is 0 Å². The fraction of sp³-hybridized carbons (Fsp3) is 0.831.